The molecule has 0 amide bonds. The number of rotatable bonds is 3. The minimum absolute atomic E-state index is 0.399. The predicted octanol–water partition coefficient (Wildman–Crippen LogP) is 2.13. The van der Waals surface area contributed by atoms with E-state index in [1.54, 1.807) is 0 Å². The number of carbonyl (C=O) groups is 1. The minimum atomic E-state index is -0.544. The molecule has 0 spiro atoms. The monoisotopic (exact) mass is 267 g/mol. The Morgan fingerprint density at radius 2 is 2.00 bits per heavy atom. The molecule has 0 aromatic rings. The van der Waals surface area contributed by atoms with Crippen molar-refractivity contribution in [3.05, 3.63) is 0 Å². The van der Waals surface area contributed by atoms with Crippen LogP contribution in [0.1, 0.15) is 44.9 Å². The number of aliphatic carboxylic acids is 1. The number of hydrogen-bond acceptors (Lipinski definition) is 3. The van der Waals surface area contributed by atoms with Crippen LogP contribution in [-0.2, 0) is 9.53 Å². The van der Waals surface area contributed by atoms with Gasteiger partial charge in [0.25, 0.3) is 0 Å². The maximum atomic E-state index is 11.7. The standard InChI is InChI=1S/C15H25NO3/c1-16(12-4-7-19-8-5-12)13-9-11-3-2-6-15(11,10-13)14(17)18/h11-13H,2-10H2,1H3,(H,17,18). The fraction of sp³-hybridized carbons (Fsp3) is 0.933. The Bertz CT molecular complexity index is 353. The van der Waals surface area contributed by atoms with Crippen LogP contribution in [0.3, 0.4) is 0 Å². The Balaban J connectivity index is 1.69. The minimum Gasteiger partial charge on any atom is -0.481 e. The third-order valence-electron chi connectivity index (χ3n) is 5.88. The van der Waals surface area contributed by atoms with Crippen molar-refractivity contribution in [3.8, 4) is 0 Å². The summed E-state index contributed by atoms with van der Waals surface area (Å²) in [5.41, 5.74) is -0.399. The van der Waals surface area contributed by atoms with E-state index in [4.69, 9.17) is 4.74 Å². The Morgan fingerprint density at radius 3 is 2.63 bits per heavy atom. The molecule has 3 unspecified atom stereocenters. The van der Waals surface area contributed by atoms with Gasteiger partial charge < -0.3 is 14.7 Å². The second-order valence-corrected chi connectivity index (χ2v) is 6.65. The molecule has 2 saturated carbocycles. The van der Waals surface area contributed by atoms with Gasteiger partial charge in [0, 0.05) is 25.3 Å². The van der Waals surface area contributed by atoms with Crippen molar-refractivity contribution in [1.82, 2.24) is 4.90 Å². The molecule has 0 aromatic carbocycles. The molecule has 1 aliphatic heterocycles. The molecule has 0 bridgehead atoms. The van der Waals surface area contributed by atoms with Crippen LogP contribution in [0.25, 0.3) is 0 Å². The summed E-state index contributed by atoms with van der Waals surface area (Å²) < 4.78 is 5.42. The highest BCUT2D eigenvalue weighted by Gasteiger charge is 2.56. The predicted molar refractivity (Wildman–Crippen MR) is 72.0 cm³/mol. The van der Waals surface area contributed by atoms with Gasteiger partial charge in [-0.3, -0.25) is 4.79 Å². The second kappa shape index (κ2) is 5.06. The zero-order valence-electron chi connectivity index (χ0n) is 11.8. The van der Waals surface area contributed by atoms with Crippen molar-refractivity contribution in [2.24, 2.45) is 11.3 Å². The van der Waals surface area contributed by atoms with Crippen LogP contribution < -0.4 is 0 Å². The van der Waals surface area contributed by atoms with Gasteiger partial charge >= 0.3 is 5.97 Å². The molecule has 0 aromatic heterocycles. The third-order valence-corrected chi connectivity index (χ3v) is 5.88. The first kappa shape index (κ1) is 13.4. The molecule has 19 heavy (non-hydrogen) atoms. The van der Waals surface area contributed by atoms with Gasteiger partial charge in [-0.15, -0.1) is 0 Å². The molecule has 1 heterocycles. The molecule has 1 saturated heterocycles. The first-order valence-corrected chi connectivity index (χ1v) is 7.66. The number of ether oxygens (including phenoxy) is 1. The van der Waals surface area contributed by atoms with Gasteiger partial charge in [0.15, 0.2) is 0 Å². The molecule has 3 atom stereocenters. The van der Waals surface area contributed by atoms with Crippen LogP contribution in [0.2, 0.25) is 0 Å². The Morgan fingerprint density at radius 1 is 1.26 bits per heavy atom. The molecule has 3 rings (SSSR count). The van der Waals surface area contributed by atoms with E-state index in [2.05, 4.69) is 11.9 Å². The van der Waals surface area contributed by atoms with Crippen LogP contribution in [0.5, 0.6) is 0 Å². The largest absolute Gasteiger partial charge is 0.481 e. The van der Waals surface area contributed by atoms with Crippen LogP contribution >= 0.6 is 0 Å². The lowest BCUT2D eigenvalue weighted by Gasteiger charge is -2.36. The maximum absolute atomic E-state index is 11.7. The average molecular weight is 267 g/mol. The number of nitrogens with zero attached hydrogens (tertiary/aromatic N) is 1. The van der Waals surface area contributed by atoms with E-state index in [9.17, 15) is 9.90 Å². The summed E-state index contributed by atoms with van der Waals surface area (Å²) in [6, 6.07) is 1.05. The van der Waals surface area contributed by atoms with E-state index in [0.29, 0.717) is 18.0 Å². The van der Waals surface area contributed by atoms with Crippen LogP contribution in [0, 0.1) is 11.3 Å². The molecular formula is C15H25NO3. The number of carboxylic acids is 1. The second-order valence-electron chi connectivity index (χ2n) is 6.65. The summed E-state index contributed by atoms with van der Waals surface area (Å²) in [5.74, 6) is -0.129. The molecule has 108 valence electrons. The lowest BCUT2D eigenvalue weighted by molar-refractivity contribution is -0.150. The summed E-state index contributed by atoms with van der Waals surface area (Å²) in [5, 5.41) is 9.65. The van der Waals surface area contributed by atoms with Crippen LogP contribution in [-0.4, -0.2) is 48.3 Å². The van der Waals surface area contributed by atoms with Gasteiger partial charge in [0.1, 0.15) is 0 Å². The average Bonchev–Trinajstić information content (AvgIpc) is 2.96. The molecular weight excluding hydrogens is 242 g/mol. The lowest BCUT2D eigenvalue weighted by Crippen LogP contribution is -2.43. The molecule has 1 N–H and O–H groups in total. The van der Waals surface area contributed by atoms with E-state index >= 15 is 0 Å². The first-order valence-electron chi connectivity index (χ1n) is 7.66. The zero-order chi connectivity index (χ0) is 13.5. The summed E-state index contributed by atoms with van der Waals surface area (Å²) in [6.07, 6.45) is 7.25. The molecule has 0 radical (unpaired) electrons. The van der Waals surface area contributed by atoms with E-state index in [1.165, 1.54) is 0 Å². The molecule has 3 aliphatic rings. The molecule has 4 heteroatoms. The first-order chi connectivity index (χ1) is 9.13. The molecule has 4 nitrogen and oxygen atoms in total. The van der Waals surface area contributed by atoms with Gasteiger partial charge in [-0.05, 0) is 51.5 Å². The highest BCUT2D eigenvalue weighted by atomic mass is 16.5. The zero-order valence-corrected chi connectivity index (χ0v) is 11.8. The summed E-state index contributed by atoms with van der Waals surface area (Å²) in [6.45, 7) is 1.71. The topological polar surface area (TPSA) is 49.8 Å². The van der Waals surface area contributed by atoms with Crippen molar-refractivity contribution >= 4 is 5.97 Å². The van der Waals surface area contributed by atoms with Crippen molar-refractivity contribution in [3.63, 3.8) is 0 Å². The third kappa shape index (κ3) is 2.19. The van der Waals surface area contributed by atoms with Gasteiger partial charge in [-0.1, -0.05) is 6.42 Å². The number of fused-ring (bicyclic) bond motifs is 1. The quantitative estimate of drug-likeness (QED) is 0.851. The van der Waals surface area contributed by atoms with Crippen molar-refractivity contribution in [1.29, 1.82) is 0 Å². The van der Waals surface area contributed by atoms with Crippen molar-refractivity contribution in [2.45, 2.75) is 57.0 Å². The Labute approximate surface area is 115 Å². The summed E-state index contributed by atoms with van der Waals surface area (Å²) in [7, 11) is 2.19. The van der Waals surface area contributed by atoms with Gasteiger partial charge in [-0.25, -0.2) is 0 Å². The number of carboxylic acid groups (broad SMARTS) is 1. The van der Waals surface area contributed by atoms with Crippen LogP contribution in [0.4, 0.5) is 0 Å². The van der Waals surface area contributed by atoms with Crippen molar-refractivity contribution in [2.75, 3.05) is 20.3 Å². The maximum Gasteiger partial charge on any atom is 0.309 e. The van der Waals surface area contributed by atoms with Crippen LogP contribution in [0.15, 0.2) is 0 Å². The highest BCUT2D eigenvalue weighted by molar-refractivity contribution is 5.76. The van der Waals surface area contributed by atoms with E-state index in [0.717, 1.165) is 58.2 Å². The fourth-order valence-corrected chi connectivity index (χ4v) is 4.66. The molecule has 3 fully saturated rings. The van der Waals surface area contributed by atoms with Gasteiger partial charge in [-0.2, -0.15) is 0 Å². The van der Waals surface area contributed by atoms with E-state index in [-0.39, 0.29) is 0 Å². The molecule has 2 aliphatic carbocycles. The highest BCUT2D eigenvalue weighted by Crippen LogP contribution is 2.55. The summed E-state index contributed by atoms with van der Waals surface area (Å²) in [4.78, 5) is 14.2. The number of hydrogen-bond donors (Lipinski definition) is 1. The van der Waals surface area contributed by atoms with Gasteiger partial charge in [0.05, 0.1) is 5.41 Å². The smallest absolute Gasteiger partial charge is 0.309 e. The van der Waals surface area contributed by atoms with Gasteiger partial charge in [0.2, 0.25) is 0 Å². The van der Waals surface area contributed by atoms with E-state index in [1.807, 2.05) is 0 Å². The Hall–Kier alpha value is -0.610. The van der Waals surface area contributed by atoms with E-state index < -0.39 is 11.4 Å². The SMILES string of the molecule is CN(C1CCOCC1)C1CC2CCCC2(C(=O)O)C1. The fourth-order valence-electron chi connectivity index (χ4n) is 4.66. The summed E-state index contributed by atoms with van der Waals surface area (Å²) >= 11 is 0. The lowest BCUT2D eigenvalue weighted by atomic mass is 9.80. The Kier molecular flexibility index (Phi) is 3.56. The normalized spacial score (nSPS) is 39.7. The van der Waals surface area contributed by atoms with Crippen molar-refractivity contribution < 1.29 is 14.6 Å².